The van der Waals surface area contributed by atoms with E-state index in [1.807, 2.05) is 121 Å². The number of nitrogens with zero attached hydrogens (tertiary/aromatic N) is 4. The van der Waals surface area contributed by atoms with Gasteiger partial charge in [-0.05, 0) is 54.9 Å². The van der Waals surface area contributed by atoms with Gasteiger partial charge in [-0.2, -0.15) is 0 Å². The van der Waals surface area contributed by atoms with Gasteiger partial charge in [-0.3, -0.25) is 38.3 Å². The van der Waals surface area contributed by atoms with Crippen LogP contribution in [0.4, 0.5) is 0 Å². The van der Waals surface area contributed by atoms with Crippen molar-refractivity contribution in [2.75, 3.05) is 0 Å². The molecule has 0 aliphatic carbocycles. The molecule has 0 atom stereocenters. The van der Waals surface area contributed by atoms with Crippen molar-refractivity contribution in [2.45, 2.75) is 45.7 Å². The summed E-state index contributed by atoms with van der Waals surface area (Å²) in [5.74, 6) is -1.11. The minimum absolute atomic E-state index is 0.0560. The van der Waals surface area contributed by atoms with E-state index in [0.717, 1.165) is 28.7 Å². The Hall–Kier alpha value is -6.22. The number of carboxylic acids is 1. The van der Waals surface area contributed by atoms with E-state index >= 15 is 0 Å². The van der Waals surface area contributed by atoms with E-state index in [-0.39, 0.29) is 30.0 Å². The van der Waals surface area contributed by atoms with Crippen molar-refractivity contribution in [1.82, 2.24) is 19.1 Å². The number of aliphatic carboxylic acids is 1. The molecule has 0 spiro atoms. The van der Waals surface area contributed by atoms with Crippen LogP contribution in [0.5, 0.6) is 0 Å². The van der Waals surface area contributed by atoms with Crippen LogP contribution in [0.25, 0.3) is 22.5 Å². The normalized spacial score (nSPS) is 10.6. The van der Waals surface area contributed by atoms with Crippen LogP contribution in [0.3, 0.4) is 0 Å². The molecule has 0 amide bonds. The second kappa shape index (κ2) is 17.3. The number of Topliss-reactive ketones (excluding diaryl/α,β-unsaturated/α-hetero) is 1. The minimum atomic E-state index is -1.06. The number of carbonyl (C=O) groups excluding carboxylic acids is 1. The number of carbonyl (C=O) groups is 2. The molecule has 0 bridgehead atoms. The molecule has 252 valence electrons. The van der Waals surface area contributed by atoms with Crippen LogP contribution in [-0.4, -0.2) is 36.0 Å². The molecule has 0 unspecified atom stereocenters. The van der Waals surface area contributed by atoms with Gasteiger partial charge in [0.05, 0.1) is 30.3 Å². The van der Waals surface area contributed by atoms with Crippen molar-refractivity contribution in [3.8, 4) is 22.5 Å². The first-order valence-corrected chi connectivity index (χ1v) is 16.4. The zero-order valence-electron chi connectivity index (χ0n) is 27.8. The molecule has 0 radical (unpaired) electrons. The lowest BCUT2D eigenvalue weighted by atomic mass is 10.1. The molecule has 0 saturated carbocycles. The number of aryl methyl sites for hydroxylation is 4. The van der Waals surface area contributed by atoms with Gasteiger partial charge in [0.25, 0.3) is 11.1 Å². The molecule has 50 heavy (non-hydrogen) atoms. The zero-order valence-corrected chi connectivity index (χ0v) is 27.8. The topological polar surface area (TPSA) is 124 Å². The van der Waals surface area contributed by atoms with Gasteiger partial charge in [0, 0.05) is 0 Å². The smallest absolute Gasteiger partial charge is 0.323 e. The van der Waals surface area contributed by atoms with E-state index in [2.05, 4.69) is 9.97 Å². The first kappa shape index (κ1) is 35.1. The molecule has 6 rings (SSSR count). The number of benzene rings is 4. The second-order valence-electron chi connectivity index (χ2n) is 11.8. The molecule has 0 fully saturated rings. The van der Waals surface area contributed by atoms with E-state index in [4.69, 9.17) is 0 Å². The van der Waals surface area contributed by atoms with Crippen molar-refractivity contribution in [1.29, 1.82) is 0 Å². The Labute approximate surface area is 290 Å². The van der Waals surface area contributed by atoms with Crippen LogP contribution < -0.4 is 11.1 Å². The summed E-state index contributed by atoms with van der Waals surface area (Å²) >= 11 is 0. The Kier molecular flexibility index (Phi) is 12.1. The summed E-state index contributed by atoms with van der Waals surface area (Å²) in [6, 6.07) is 38.6. The molecule has 4 aromatic carbocycles. The maximum absolute atomic E-state index is 12.9. The fourth-order valence-electron chi connectivity index (χ4n) is 5.57. The SMILES string of the molecule is CC(=O)Cn1c(-c2ccccc2)cnc(CCc2ccccc2)c1=O.O=C(O)Cn1c(-c2ccccc2)cnc(CCc2ccccc2)c1=O. The van der Waals surface area contributed by atoms with Gasteiger partial charge in [0.15, 0.2) is 0 Å². The Morgan fingerprint density at radius 3 is 1.26 bits per heavy atom. The molecule has 0 aliphatic rings. The molecule has 6 aromatic rings. The quantitative estimate of drug-likeness (QED) is 0.168. The summed E-state index contributed by atoms with van der Waals surface area (Å²) in [6.07, 6.45) is 5.72. The molecular weight excluding hydrogens is 628 g/mol. The lowest BCUT2D eigenvalue weighted by Crippen LogP contribution is -2.29. The third-order valence-corrected chi connectivity index (χ3v) is 8.05. The molecule has 0 aliphatic heterocycles. The van der Waals surface area contributed by atoms with Gasteiger partial charge in [0.2, 0.25) is 0 Å². The number of hydrogen-bond donors (Lipinski definition) is 1. The van der Waals surface area contributed by atoms with E-state index in [0.29, 0.717) is 42.0 Å². The Balaban J connectivity index is 0.000000194. The predicted octanol–water partition coefficient (Wildman–Crippen LogP) is 6.06. The molecule has 1 N–H and O–H groups in total. The average molecular weight is 667 g/mol. The lowest BCUT2D eigenvalue weighted by Gasteiger charge is -2.13. The maximum atomic E-state index is 12.9. The molecular formula is C41H38N4O5. The van der Waals surface area contributed by atoms with E-state index in [1.165, 1.54) is 16.1 Å². The average Bonchev–Trinajstić information content (AvgIpc) is 3.14. The maximum Gasteiger partial charge on any atom is 0.323 e. The zero-order chi connectivity index (χ0) is 35.3. The first-order valence-electron chi connectivity index (χ1n) is 16.4. The van der Waals surface area contributed by atoms with Crippen LogP contribution in [0.1, 0.15) is 29.4 Å². The molecule has 9 nitrogen and oxygen atoms in total. The first-order chi connectivity index (χ1) is 24.3. The third kappa shape index (κ3) is 9.44. The summed E-state index contributed by atoms with van der Waals surface area (Å²) in [6.45, 7) is 1.17. The molecule has 2 aromatic heterocycles. The van der Waals surface area contributed by atoms with Gasteiger partial charge in [-0.1, -0.05) is 121 Å². The fourth-order valence-corrected chi connectivity index (χ4v) is 5.57. The van der Waals surface area contributed by atoms with Crippen LogP contribution in [-0.2, 0) is 48.4 Å². The second-order valence-corrected chi connectivity index (χ2v) is 11.8. The van der Waals surface area contributed by atoms with Crippen molar-refractivity contribution in [3.63, 3.8) is 0 Å². The highest BCUT2D eigenvalue weighted by atomic mass is 16.4. The van der Waals surface area contributed by atoms with Crippen molar-refractivity contribution in [2.24, 2.45) is 0 Å². The van der Waals surface area contributed by atoms with Crippen molar-refractivity contribution < 1.29 is 14.7 Å². The molecule has 2 heterocycles. The Morgan fingerprint density at radius 2 is 0.900 bits per heavy atom. The standard InChI is InChI=1S/C21H20N2O2.C20H18N2O3/c1-16(24)15-23-20(18-10-6-3-7-11-18)14-22-19(21(23)25)13-12-17-8-4-2-5-9-17;23-19(24)14-22-18(16-9-5-2-6-10-16)13-21-17(20(22)25)12-11-15-7-3-1-4-8-15/h2-11,14H,12-13,15H2,1H3;1-10,13H,11-12,14H2,(H,23,24). The van der Waals surface area contributed by atoms with Crippen LogP contribution in [0.2, 0.25) is 0 Å². The van der Waals surface area contributed by atoms with Crippen LogP contribution in [0, 0.1) is 0 Å². The summed E-state index contributed by atoms with van der Waals surface area (Å²) in [5.41, 5.74) is 5.43. The number of rotatable bonds is 12. The van der Waals surface area contributed by atoms with Gasteiger partial charge >= 0.3 is 5.97 Å². The minimum Gasteiger partial charge on any atom is -0.480 e. The van der Waals surface area contributed by atoms with Crippen molar-refractivity contribution in [3.05, 3.63) is 177 Å². The van der Waals surface area contributed by atoms with E-state index in [1.54, 1.807) is 12.4 Å². The third-order valence-electron chi connectivity index (χ3n) is 8.05. The van der Waals surface area contributed by atoms with E-state index in [9.17, 15) is 24.3 Å². The number of carboxylic acid groups (broad SMARTS) is 1. The lowest BCUT2D eigenvalue weighted by molar-refractivity contribution is -0.137. The highest BCUT2D eigenvalue weighted by Gasteiger charge is 2.15. The highest BCUT2D eigenvalue weighted by Crippen LogP contribution is 2.18. The monoisotopic (exact) mass is 666 g/mol. The summed E-state index contributed by atoms with van der Waals surface area (Å²) < 4.78 is 2.82. The number of aromatic nitrogens is 4. The van der Waals surface area contributed by atoms with Crippen molar-refractivity contribution >= 4 is 11.8 Å². The molecule has 0 saturated heterocycles. The van der Waals surface area contributed by atoms with Gasteiger partial charge in [0.1, 0.15) is 23.7 Å². The Bertz CT molecular complexity index is 1990. The summed E-state index contributed by atoms with van der Waals surface area (Å²) in [5, 5.41) is 9.18. The van der Waals surface area contributed by atoms with Crippen LogP contribution >= 0.6 is 0 Å². The van der Waals surface area contributed by atoms with E-state index < -0.39 is 5.97 Å². The number of hydrogen-bond acceptors (Lipinski definition) is 6. The van der Waals surface area contributed by atoms with Crippen LogP contribution in [0.15, 0.2) is 143 Å². The predicted molar refractivity (Wildman–Crippen MR) is 194 cm³/mol. The molecule has 9 heteroatoms. The Morgan fingerprint density at radius 1 is 0.540 bits per heavy atom. The van der Waals surface area contributed by atoms with Gasteiger partial charge in [-0.25, -0.2) is 0 Å². The van der Waals surface area contributed by atoms with Gasteiger partial charge in [-0.15, -0.1) is 0 Å². The fraction of sp³-hybridized carbons (Fsp3) is 0.171. The summed E-state index contributed by atoms with van der Waals surface area (Å²) in [7, 11) is 0. The highest BCUT2D eigenvalue weighted by molar-refractivity contribution is 5.76. The summed E-state index contributed by atoms with van der Waals surface area (Å²) in [4.78, 5) is 57.2. The largest absolute Gasteiger partial charge is 0.480 e. The van der Waals surface area contributed by atoms with Gasteiger partial charge < -0.3 is 5.11 Å². The number of ketones is 1.